The van der Waals surface area contributed by atoms with Gasteiger partial charge in [-0.25, -0.2) is 16.8 Å². The van der Waals surface area contributed by atoms with Crippen LogP contribution in [0.3, 0.4) is 0 Å². The number of aryl methyl sites for hydroxylation is 1. The van der Waals surface area contributed by atoms with Crippen molar-refractivity contribution in [3.05, 3.63) is 71.6 Å². The van der Waals surface area contributed by atoms with E-state index in [-0.39, 0.29) is 10.6 Å². The summed E-state index contributed by atoms with van der Waals surface area (Å²) in [6, 6.07) is 14.3. The number of nitrogens with zero attached hydrogens (tertiary/aromatic N) is 1. The average molecular weight is 363 g/mol. The number of hydrogen-bond donors (Lipinski definition) is 0. The number of rotatable bonds is 4. The van der Waals surface area contributed by atoms with Crippen LogP contribution in [0.5, 0.6) is 0 Å². The molecule has 0 saturated carbocycles. The monoisotopic (exact) mass is 363 g/mol. The van der Waals surface area contributed by atoms with Crippen LogP contribution >= 0.6 is 0 Å². The lowest BCUT2D eigenvalue weighted by Gasteiger charge is -2.29. The summed E-state index contributed by atoms with van der Waals surface area (Å²) < 4.78 is 51.1. The molecule has 0 aromatic heterocycles. The predicted octanol–water partition coefficient (Wildman–Crippen LogP) is 2.50. The highest BCUT2D eigenvalue weighted by atomic mass is 32.2. The van der Waals surface area contributed by atoms with Gasteiger partial charge in [-0.15, -0.1) is 0 Å². The Hall–Kier alpha value is -2.12. The van der Waals surface area contributed by atoms with Crippen LogP contribution in [0, 0.1) is 6.92 Å². The summed E-state index contributed by atoms with van der Waals surface area (Å²) in [5, 5.41) is 1.08. The molecular weight excluding hydrogens is 346 g/mol. The minimum Gasteiger partial charge on any atom is -0.258 e. The Morgan fingerprint density at radius 3 is 2.33 bits per heavy atom. The molecule has 2 aromatic rings. The smallest absolute Gasteiger partial charge is 0.258 e. The lowest BCUT2D eigenvalue weighted by molar-refractivity contribution is 0.586. The molecule has 0 spiro atoms. The Balaban J connectivity index is 2.15. The van der Waals surface area contributed by atoms with E-state index >= 15 is 0 Å². The first-order valence-electron chi connectivity index (χ1n) is 7.37. The Labute approximate surface area is 142 Å². The van der Waals surface area contributed by atoms with Crippen LogP contribution in [0.1, 0.15) is 5.56 Å². The van der Waals surface area contributed by atoms with Crippen molar-refractivity contribution in [3.63, 3.8) is 0 Å². The zero-order chi connectivity index (χ0) is 17.4. The van der Waals surface area contributed by atoms with Gasteiger partial charge in [0.1, 0.15) is 0 Å². The molecule has 0 bridgehead atoms. The minimum atomic E-state index is -3.89. The van der Waals surface area contributed by atoms with Crippen LogP contribution in [0.15, 0.2) is 71.0 Å². The van der Waals surface area contributed by atoms with Crippen molar-refractivity contribution in [2.75, 3.05) is 10.1 Å². The molecule has 2 aromatic carbocycles. The molecule has 0 fully saturated rings. The molecule has 126 valence electrons. The first kappa shape index (κ1) is 16.7. The van der Waals surface area contributed by atoms with Gasteiger partial charge in [0, 0.05) is 5.41 Å². The number of anilines is 1. The van der Waals surface area contributed by atoms with E-state index in [2.05, 4.69) is 0 Å². The topological polar surface area (TPSA) is 71.5 Å². The summed E-state index contributed by atoms with van der Waals surface area (Å²) in [7, 11) is -7.27. The van der Waals surface area contributed by atoms with E-state index < -0.39 is 25.9 Å². The molecule has 1 aliphatic rings. The van der Waals surface area contributed by atoms with Crippen molar-refractivity contribution in [2.24, 2.45) is 0 Å². The number of benzene rings is 2. The Morgan fingerprint density at radius 1 is 1.04 bits per heavy atom. The molecule has 24 heavy (non-hydrogen) atoms. The van der Waals surface area contributed by atoms with Crippen molar-refractivity contribution in [2.45, 2.75) is 17.9 Å². The van der Waals surface area contributed by atoms with Crippen LogP contribution in [0.25, 0.3) is 0 Å². The largest absolute Gasteiger partial charge is 0.264 e. The fourth-order valence-electron chi connectivity index (χ4n) is 2.68. The van der Waals surface area contributed by atoms with E-state index in [9.17, 15) is 16.8 Å². The van der Waals surface area contributed by atoms with Crippen molar-refractivity contribution in [1.82, 2.24) is 0 Å². The highest BCUT2D eigenvalue weighted by Gasteiger charge is 2.35. The maximum absolute atomic E-state index is 13.1. The van der Waals surface area contributed by atoms with Gasteiger partial charge < -0.3 is 0 Å². The van der Waals surface area contributed by atoms with Gasteiger partial charge in [-0.3, -0.25) is 4.31 Å². The predicted molar refractivity (Wildman–Crippen MR) is 94.0 cm³/mol. The van der Waals surface area contributed by atoms with E-state index in [4.69, 9.17) is 0 Å². The Morgan fingerprint density at radius 2 is 1.75 bits per heavy atom. The molecule has 0 unspecified atom stereocenters. The lowest BCUT2D eigenvalue weighted by Crippen LogP contribution is -2.41. The van der Waals surface area contributed by atoms with Gasteiger partial charge in [0.25, 0.3) is 10.0 Å². The zero-order valence-electron chi connectivity index (χ0n) is 13.0. The highest BCUT2D eigenvalue weighted by Crippen LogP contribution is 2.30. The fraction of sp³-hybridized carbons (Fsp3) is 0.176. The van der Waals surface area contributed by atoms with E-state index in [0.717, 1.165) is 11.0 Å². The van der Waals surface area contributed by atoms with Gasteiger partial charge in [0.15, 0.2) is 9.84 Å². The maximum atomic E-state index is 13.1. The fourth-order valence-corrected chi connectivity index (χ4v) is 5.67. The summed E-state index contributed by atoms with van der Waals surface area (Å²) in [6.07, 6.45) is 1.43. The molecule has 3 rings (SSSR count). The van der Waals surface area contributed by atoms with Crippen LogP contribution in [-0.4, -0.2) is 28.6 Å². The van der Waals surface area contributed by atoms with Crippen molar-refractivity contribution in [1.29, 1.82) is 0 Å². The molecule has 0 radical (unpaired) electrons. The van der Waals surface area contributed by atoms with Gasteiger partial charge in [-0.05, 0) is 42.8 Å². The Bertz CT molecular complexity index is 980. The SMILES string of the molecule is Cc1cccc(N([C@@H]2C=CS(=O)(=O)C2)S(=O)(=O)c2ccccc2)c1. The molecule has 7 heteroatoms. The van der Waals surface area contributed by atoms with Crippen LogP contribution < -0.4 is 4.31 Å². The van der Waals surface area contributed by atoms with Crippen molar-refractivity contribution in [3.8, 4) is 0 Å². The number of sulfone groups is 1. The van der Waals surface area contributed by atoms with Gasteiger partial charge in [-0.2, -0.15) is 0 Å². The summed E-state index contributed by atoms with van der Waals surface area (Å²) in [4.78, 5) is 0.129. The van der Waals surface area contributed by atoms with Crippen LogP contribution in [-0.2, 0) is 19.9 Å². The normalized spacial score (nSPS) is 19.3. The minimum absolute atomic E-state index is 0.129. The standard InChI is InChI=1S/C17H17NO4S2/c1-14-6-5-7-15(12-14)18(16-10-11-23(19,20)13-16)24(21,22)17-8-3-2-4-9-17/h2-12,16H,13H2,1H3/t16-/m1/s1. The summed E-state index contributed by atoms with van der Waals surface area (Å²) in [6.45, 7) is 1.86. The van der Waals surface area contributed by atoms with Gasteiger partial charge in [-0.1, -0.05) is 30.3 Å². The molecule has 1 aliphatic heterocycles. The summed E-state index contributed by atoms with van der Waals surface area (Å²) in [5.41, 5.74) is 1.34. The second kappa shape index (κ2) is 6.07. The first-order chi connectivity index (χ1) is 11.3. The zero-order valence-corrected chi connectivity index (χ0v) is 14.7. The van der Waals surface area contributed by atoms with Crippen LogP contribution in [0.2, 0.25) is 0 Å². The average Bonchev–Trinajstić information content (AvgIpc) is 2.88. The van der Waals surface area contributed by atoms with Gasteiger partial charge >= 0.3 is 0 Å². The first-order valence-corrected chi connectivity index (χ1v) is 10.5. The molecular formula is C17H17NO4S2. The molecule has 0 aliphatic carbocycles. The van der Waals surface area contributed by atoms with E-state index in [1.165, 1.54) is 22.5 Å². The molecule has 5 nitrogen and oxygen atoms in total. The summed E-state index contributed by atoms with van der Waals surface area (Å²) in [5.74, 6) is -0.257. The summed E-state index contributed by atoms with van der Waals surface area (Å²) >= 11 is 0. The van der Waals surface area contributed by atoms with E-state index in [1.807, 2.05) is 13.0 Å². The third-order valence-electron chi connectivity index (χ3n) is 3.77. The second-order valence-electron chi connectivity index (χ2n) is 5.68. The van der Waals surface area contributed by atoms with Crippen molar-refractivity contribution < 1.29 is 16.8 Å². The van der Waals surface area contributed by atoms with E-state index in [0.29, 0.717) is 5.69 Å². The van der Waals surface area contributed by atoms with Gasteiger partial charge in [0.05, 0.1) is 22.4 Å². The molecule has 1 heterocycles. The molecule has 1 atom stereocenters. The van der Waals surface area contributed by atoms with Crippen LogP contribution in [0.4, 0.5) is 5.69 Å². The third-order valence-corrected chi connectivity index (χ3v) is 7.01. The highest BCUT2D eigenvalue weighted by molar-refractivity contribution is 7.95. The van der Waals surface area contributed by atoms with Gasteiger partial charge in [0.2, 0.25) is 0 Å². The van der Waals surface area contributed by atoms with Crippen molar-refractivity contribution >= 4 is 25.5 Å². The molecule has 0 saturated heterocycles. The molecule has 0 N–H and O–H groups in total. The quantitative estimate of drug-likeness (QED) is 0.837. The number of sulfonamides is 1. The number of hydrogen-bond acceptors (Lipinski definition) is 4. The Kier molecular flexibility index (Phi) is 4.23. The lowest BCUT2D eigenvalue weighted by atomic mass is 10.2. The second-order valence-corrected chi connectivity index (χ2v) is 9.42. The van der Waals surface area contributed by atoms with E-state index in [1.54, 1.807) is 36.4 Å². The molecule has 0 amide bonds. The third kappa shape index (κ3) is 3.22. The maximum Gasteiger partial charge on any atom is 0.264 e.